The summed E-state index contributed by atoms with van der Waals surface area (Å²) in [5.41, 5.74) is 0.942. The van der Waals surface area contributed by atoms with Crippen molar-refractivity contribution in [3.05, 3.63) is 34.9 Å². The Labute approximate surface area is 129 Å². The molecular formula is C16H19ClN2O2. The van der Waals surface area contributed by atoms with Gasteiger partial charge < -0.3 is 10.2 Å². The third kappa shape index (κ3) is 3.76. The molecule has 1 heterocycles. The molecule has 4 nitrogen and oxygen atoms in total. The first-order valence-corrected chi connectivity index (χ1v) is 7.80. The lowest BCUT2D eigenvalue weighted by atomic mass is 10.2. The molecule has 0 radical (unpaired) electrons. The molecule has 1 unspecified atom stereocenters. The molecule has 1 atom stereocenters. The first-order chi connectivity index (χ1) is 10.1. The van der Waals surface area contributed by atoms with Gasteiger partial charge in [0.2, 0.25) is 11.8 Å². The van der Waals surface area contributed by atoms with E-state index in [0.29, 0.717) is 36.9 Å². The molecule has 21 heavy (non-hydrogen) atoms. The molecule has 0 bridgehead atoms. The number of nitrogens with one attached hydrogen (secondary N) is 1. The van der Waals surface area contributed by atoms with Gasteiger partial charge in [-0.05, 0) is 30.4 Å². The van der Waals surface area contributed by atoms with E-state index in [1.54, 1.807) is 4.90 Å². The van der Waals surface area contributed by atoms with Crippen LogP contribution < -0.4 is 5.32 Å². The standard InChI is InChI=1S/C16H19ClN2O2/c17-14-4-2-1-3-12(14)9-19-10-13(8-16(19)21)18-15(20)7-11-5-6-11/h1-4,11,13H,5-10H2,(H,18,20). The van der Waals surface area contributed by atoms with Crippen molar-refractivity contribution in [3.63, 3.8) is 0 Å². The minimum Gasteiger partial charge on any atom is -0.351 e. The highest BCUT2D eigenvalue weighted by molar-refractivity contribution is 6.31. The molecule has 2 aliphatic rings. The third-order valence-electron chi connectivity index (χ3n) is 4.07. The molecule has 112 valence electrons. The number of carbonyl (C=O) groups excluding carboxylic acids is 2. The molecule has 2 amide bonds. The number of carbonyl (C=O) groups is 2. The fourth-order valence-electron chi connectivity index (χ4n) is 2.72. The van der Waals surface area contributed by atoms with Crippen LogP contribution in [-0.2, 0) is 16.1 Å². The van der Waals surface area contributed by atoms with Crippen LogP contribution in [0.25, 0.3) is 0 Å². The summed E-state index contributed by atoms with van der Waals surface area (Å²) in [6.45, 7) is 1.08. The van der Waals surface area contributed by atoms with Gasteiger partial charge in [-0.1, -0.05) is 29.8 Å². The molecule has 0 aromatic heterocycles. The minimum absolute atomic E-state index is 0.0637. The molecule has 2 fully saturated rings. The van der Waals surface area contributed by atoms with Gasteiger partial charge in [0.25, 0.3) is 0 Å². The summed E-state index contributed by atoms with van der Waals surface area (Å²) in [7, 11) is 0. The van der Waals surface area contributed by atoms with Crippen molar-refractivity contribution in [2.75, 3.05) is 6.54 Å². The van der Waals surface area contributed by atoms with Crippen molar-refractivity contribution in [2.45, 2.75) is 38.3 Å². The highest BCUT2D eigenvalue weighted by Crippen LogP contribution is 2.32. The average Bonchev–Trinajstić information content (AvgIpc) is 3.17. The zero-order valence-electron chi connectivity index (χ0n) is 11.8. The number of rotatable bonds is 5. The van der Waals surface area contributed by atoms with Crippen molar-refractivity contribution in [2.24, 2.45) is 5.92 Å². The Kier molecular flexibility index (Phi) is 4.15. The Morgan fingerprint density at radius 1 is 1.33 bits per heavy atom. The van der Waals surface area contributed by atoms with Crippen LogP contribution in [0.15, 0.2) is 24.3 Å². The zero-order chi connectivity index (χ0) is 14.8. The largest absolute Gasteiger partial charge is 0.351 e. The van der Waals surface area contributed by atoms with E-state index in [2.05, 4.69) is 5.32 Å². The predicted octanol–water partition coefficient (Wildman–Crippen LogP) is 2.36. The van der Waals surface area contributed by atoms with Crippen molar-refractivity contribution in [1.29, 1.82) is 0 Å². The summed E-state index contributed by atoms with van der Waals surface area (Å²) in [4.78, 5) is 25.6. The maximum Gasteiger partial charge on any atom is 0.225 e. The summed E-state index contributed by atoms with van der Waals surface area (Å²) in [5.74, 6) is 0.725. The van der Waals surface area contributed by atoms with Crippen LogP contribution in [0.1, 0.15) is 31.2 Å². The fraction of sp³-hybridized carbons (Fsp3) is 0.500. The Morgan fingerprint density at radius 3 is 2.81 bits per heavy atom. The topological polar surface area (TPSA) is 49.4 Å². The molecular weight excluding hydrogens is 288 g/mol. The van der Waals surface area contributed by atoms with E-state index < -0.39 is 0 Å². The Bertz CT molecular complexity index is 557. The van der Waals surface area contributed by atoms with Crippen LogP contribution in [0, 0.1) is 5.92 Å². The number of halogens is 1. The van der Waals surface area contributed by atoms with Gasteiger partial charge in [-0.15, -0.1) is 0 Å². The lowest BCUT2D eigenvalue weighted by molar-refractivity contribution is -0.128. The van der Waals surface area contributed by atoms with Crippen molar-refractivity contribution >= 4 is 23.4 Å². The summed E-state index contributed by atoms with van der Waals surface area (Å²) in [5, 5.41) is 3.65. The molecule has 1 aromatic rings. The highest BCUT2D eigenvalue weighted by Gasteiger charge is 2.32. The molecule has 1 aliphatic heterocycles. The van der Waals surface area contributed by atoms with Gasteiger partial charge in [0, 0.05) is 31.0 Å². The van der Waals surface area contributed by atoms with Crippen LogP contribution in [0.2, 0.25) is 5.02 Å². The lowest BCUT2D eigenvalue weighted by Gasteiger charge is -2.18. The number of hydrogen-bond acceptors (Lipinski definition) is 2. The van der Waals surface area contributed by atoms with Gasteiger partial charge in [-0.25, -0.2) is 0 Å². The van der Waals surface area contributed by atoms with E-state index in [4.69, 9.17) is 11.6 Å². The van der Waals surface area contributed by atoms with E-state index >= 15 is 0 Å². The molecule has 1 N–H and O–H groups in total. The Balaban J connectivity index is 1.54. The van der Waals surface area contributed by atoms with Crippen LogP contribution in [0.3, 0.4) is 0 Å². The van der Waals surface area contributed by atoms with E-state index in [0.717, 1.165) is 18.4 Å². The third-order valence-corrected chi connectivity index (χ3v) is 4.44. The molecule has 1 aromatic carbocycles. The Morgan fingerprint density at radius 2 is 2.10 bits per heavy atom. The normalized spacial score (nSPS) is 21.7. The summed E-state index contributed by atoms with van der Waals surface area (Å²) in [6.07, 6.45) is 3.32. The molecule has 1 aliphatic carbocycles. The van der Waals surface area contributed by atoms with Crippen LogP contribution in [0.4, 0.5) is 0 Å². The second-order valence-electron chi connectivity index (χ2n) is 5.98. The number of hydrogen-bond donors (Lipinski definition) is 1. The van der Waals surface area contributed by atoms with Crippen molar-refractivity contribution in [3.8, 4) is 0 Å². The van der Waals surface area contributed by atoms with Crippen LogP contribution in [0.5, 0.6) is 0 Å². The average molecular weight is 307 g/mol. The zero-order valence-corrected chi connectivity index (χ0v) is 12.6. The number of likely N-dealkylation sites (tertiary alicyclic amines) is 1. The van der Waals surface area contributed by atoms with Crippen molar-refractivity contribution < 1.29 is 9.59 Å². The van der Waals surface area contributed by atoms with Crippen molar-refractivity contribution in [1.82, 2.24) is 10.2 Å². The maximum atomic E-state index is 12.0. The van der Waals surface area contributed by atoms with E-state index in [1.807, 2.05) is 24.3 Å². The van der Waals surface area contributed by atoms with Crippen LogP contribution in [-0.4, -0.2) is 29.3 Å². The quantitative estimate of drug-likeness (QED) is 0.908. The molecule has 3 rings (SSSR count). The number of amides is 2. The molecule has 1 saturated carbocycles. The maximum absolute atomic E-state index is 12.0. The van der Waals surface area contributed by atoms with Gasteiger partial charge in [0.1, 0.15) is 0 Å². The van der Waals surface area contributed by atoms with Gasteiger partial charge >= 0.3 is 0 Å². The predicted molar refractivity (Wildman–Crippen MR) is 80.8 cm³/mol. The lowest BCUT2D eigenvalue weighted by Crippen LogP contribution is -2.37. The minimum atomic E-state index is -0.0637. The van der Waals surface area contributed by atoms with Gasteiger partial charge in [-0.2, -0.15) is 0 Å². The van der Waals surface area contributed by atoms with Gasteiger partial charge in [-0.3, -0.25) is 9.59 Å². The first kappa shape index (κ1) is 14.4. The van der Waals surface area contributed by atoms with E-state index in [1.165, 1.54) is 0 Å². The second-order valence-corrected chi connectivity index (χ2v) is 6.39. The monoisotopic (exact) mass is 306 g/mol. The number of benzene rings is 1. The van der Waals surface area contributed by atoms with Gasteiger partial charge in [0.15, 0.2) is 0 Å². The first-order valence-electron chi connectivity index (χ1n) is 7.42. The fourth-order valence-corrected chi connectivity index (χ4v) is 2.92. The highest BCUT2D eigenvalue weighted by atomic mass is 35.5. The van der Waals surface area contributed by atoms with Crippen LogP contribution >= 0.6 is 11.6 Å². The molecule has 1 saturated heterocycles. The van der Waals surface area contributed by atoms with Gasteiger partial charge in [0.05, 0.1) is 6.04 Å². The second kappa shape index (κ2) is 6.06. The van der Waals surface area contributed by atoms with E-state index in [-0.39, 0.29) is 17.9 Å². The Hall–Kier alpha value is -1.55. The summed E-state index contributed by atoms with van der Waals surface area (Å²) in [6, 6.07) is 7.47. The van der Waals surface area contributed by atoms with E-state index in [9.17, 15) is 9.59 Å². The summed E-state index contributed by atoms with van der Waals surface area (Å²) < 4.78 is 0. The SMILES string of the molecule is O=C(CC1CC1)NC1CC(=O)N(Cc2ccccc2Cl)C1. The molecule has 0 spiro atoms. The molecule has 5 heteroatoms. The smallest absolute Gasteiger partial charge is 0.225 e. The number of nitrogens with zero attached hydrogens (tertiary/aromatic N) is 1. The summed E-state index contributed by atoms with van der Waals surface area (Å²) >= 11 is 6.13.